The summed E-state index contributed by atoms with van der Waals surface area (Å²) in [5.41, 5.74) is 0.712. The summed E-state index contributed by atoms with van der Waals surface area (Å²) in [7, 11) is 1.60. The van der Waals surface area contributed by atoms with Crippen molar-refractivity contribution in [2.75, 3.05) is 7.11 Å². The lowest BCUT2D eigenvalue weighted by molar-refractivity contribution is 0.134. The van der Waals surface area contributed by atoms with E-state index in [-0.39, 0.29) is 0 Å². The number of hydrogen-bond acceptors (Lipinski definition) is 2. The highest BCUT2D eigenvalue weighted by Gasteiger charge is 2.15. The van der Waals surface area contributed by atoms with Gasteiger partial charge in [0.05, 0.1) is 8.59 Å². The van der Waals surface area contributed by atoms with E-state index in [0.717, 1.165) is 8.96 Å². The average Bonchev–Trinajstić information content (AvgIpc) is 2.55. The molecule has 0 amide bonds. The third-order valence-electron chi connectivity index (χ3n) is 2.09. The summed E-state index contributed by atoms with van der Waals surface area (Å²) in [6.45, 7) is 0.346. The molecule has 0 aliphatic rings. The third-order valence-corrected chi connectivity index (χ3v) is 5.48. The Kier molecular flexibility index (Phi) is 4.01. The maximum absolute atomic E-state index is 6.23. The van der Waals surface area contributed by atoms with E-state index in [1.807, 2.05) is 0 Å². The second-order valence-corrected chi connectivity index (χ2v) is 5.68. The van der Waals surface area contributed by atoms with E-state index in [1.54, 1.807) is 17.7 Å². The number of hydrogen-bond donors (Lipinski definition) is 0. The van der Waals surface area contributed by atoms with Gasteiger partial charge in [0, 0.05) is 12.5 Å². The van der Waals surface area contributed by atoms with Crippen molar-refractivity contribution >= 4 is 72.8 Å². The lowest BCUT2D eigenvalue weighted by Gasteiger charge is -2.06. The van der Waals surface area contributed by atoms with Gasteiger partial charge in [-0.05, 0) is 44.6 Å². The van der Waals surface area contributed by atoms with Gasteiger partial charge in [-0.25, -0.2) is 4.98 Å². The van der Waals surface area contributed by atoms with Crippen molar-refractivity contribution in [2.24, 2.45) is 0 Å². The van der Waals surface area contributed by atoms with E-state index in [2.05, 4.69) is 43.5 Å². The van der Waals surface area contributed by atoms with Crippen molar-refractivity contribution in [3.8, 4) is 0 Å². The fraction of sp³-hybridized carbons (Fsp3) is 0.222. The molecule has 0 N–H and O–H groups in total. The van der Waals surface area contributed by atoms with Gasteiger partial charge in [-0.1, -0.05) is 23.2 Å². The summed E-state index contributed by atoms with van der Waals surface area (Å²) in [5, 5.41) is 2.03. The number of methoxy groups -OCH3 is 1. The first-order valence-corrected chi connectivity index (χ1v) is 6.87. The second-order valence-electron chi connectivity index (χ2n) is 3.08. The van der Waals surface area contributed by atoms with Gasteiger partial charge in [-0.2, -0.15) is 0 Å². The molecule has 0 saturated heterocycles. The monoisotopic (exact) mass is 434 g/mol. The van der Waals surface area contributed by atoms with Gasteiger partial charge in [-0.3, -0.25) is 4.57 Å². The number of ether oxygens (including phenoxy) is 1. The first-order valence-electron chi connectivity index (χ1n) is 4.24. The predicted molar refractivity (Wildman–Crippen MR) is 77.2 cm³/mol. The molecule has 0 spiro atoms. The minimum absolute atomic E-state index is 0.346. The molecule has 0 atom stereocenters. The number of fused-ring (bicyclic) bond motifs is 1. The van der Waals surface area contributed by atoms with Crippen LogP contribution in [0.4, 0.5) is 0 Å². The topological polar surface area (TPSA) is 27.1 Å². The minimum Gasteiger partial charge on any atom is -0.364 e. The summed E-state index contributed by atoms with van der Waals surface area (Å²) in [5.74, 6) is 0. The van der Waals surface area contributed by atoms with Gasteiger partial charge in [0.2, 0.25) is 0 Å². The standard InChI is InChI=1S/C9H6BrCl2IN2O/c1-16-3-15-5(11)2-4-6(12)7(13)8(10)14-9(4)15/h2H,3H2,1H3. The first kappa shape index (κ1) is 12.9. The normalized spacial score (nSPS) is 11.3. The van der Waals surface area contributed by atoms with Crippen LogP contribution in [-0.4, -0.2) is 16.7 Å². The molecule has 0 saturated carbocycles. The Bertz CT molecular complexity index is 558. The molecular weight excluding hydrogens is 430 g/mol. The van der Waals surface area contributed by atoms with E-state index < -0.39 is 0 Å². The number of nitrogens with zero attached hydrogens (tertiary/aromatic N) is 2. The third kappa shape index (κ3) is 2.08. The van der Waals surface area contributed by atoms with E-state index in [9.17, 15) is 0 Å². The van der Waals surface area contributed by atoms with Gasteiger partial charge >= 0.3 is 0 Å². The largest absolute Gasteiger partial charge is 0.364 e. The zero-order valence-electron chi connectivity index (χ0n) is 8.10. The van der Waals surface area contributed by atoms with Gasteiger partial charge < -0.3 is 4.74 Å². The fourth-order valence-corrected chi connectivity index (χ4v) is 2.75. The van der Waals surface area contributed by atoms with Gasteiger partial charge in [0.1, 0.15) is 22.1 Å². The van der Waals surface area contributed by atoms with Crippen LogP contribution in [0.25, 0.3) is 11.0 Å². The Hall–Kier alpha value is 0.440. The van der Waals surface area contributed by atoms with Crippen LogP contribution in [0.3, 0.4) is 0 Å². The molecule has 7 heteroatoms. The SMILES string of the molecule is COCn1c(Cl)cc2c(Cl)c(I)c(Br)nc21. The van der Waals surface area contributed by atoms with E-state index in [1.165, 1.54) is 0 Å². The maximum atomic E-state index is 6.23. The molecular formula is C9H6BrCl2IN2O. The first-order chi connectivity index (χ1) is 7.56. The van der Waals surface area contributed by atoms with Crippen LogP contribution < -0.4 is 0 Å². The molecule has 2 heterocycles. The van der Waals surface area contributed by atoms with Gasteiger partial charge in [0.25, 0.3) is 0 Å². The van der Waals surface area contributed by atoms with Crippen molar-refractivity contribution < 1.29 is 4.74 Å². The number of aromatic nitrogens is 2. The second kappa shape index (κ2) is 4.97. The number of pyridine rings is 1. The van der Waals surface area contributed by atoms with Crippen LogP contribution in [0, 0.1) is 3.57 Å². The van der Waals surface area contributed by atoms with Crippen LogP contribution in [0.2, 0.25) is 10.2 Å². The molecule has 0 aliphatic carbocycles. The van der Waals surface area contributed by atoms with Crippen LogP contribution >= 0.6 is 61.7 Å². The molecule has 86 valence electrons. The summed E-state index contributed by atoms with van der Waals surface area (Å²) in [6, 6.07) is 1.79. The zero-order valence-corrected chi connectivity index (χ0v) is 13.4. The highest BCUT2D eigenvalue weighted by molar-refractivity contribution is 14.1. The summed E-state index contributed by atoms with van der Waals surface area (Å²) in [4.78, 5) is 4.40. The van der Waals surface area contributed by atoms with Gasteiger partial charge in [-0.15, -0.1) is 0 Å². The van der Waals surface area contributed by atoms with Crippen molar-refractivity contribution in [1.29, 1.82) is 0 Å². The Labute approximate surface area is 124 Å². The maximum Gasteiger partial charge on any atom is 0.145 e. The Morgan fingerprint density at radius 2 is 2.25 bits per heavy atom. The van der Waals surface area contributed by atoms with E-state index in [0.29, 0.717) is 27.2 Å². The quantitative estimate of drug-likeness (QED) is 0.519. The fourth-order valence-electron chi connectivity index (χ4n) is 1.39. The van der Waals surface area contributed by atoms with Crippen LogP contribution in [0.5, 0.6) is 0 Å². The molecule has 2 aromatic heterocycles. The van der Waals surface area contributed by atoms with E-state index in [4.69, 9.17) is 27.9 Å². The number of halogens is 4. The van der Waals surface area contributed by atoms with Crippen molar-refractivity contribution in [1.82, 2.24) is 9.55 Å². The molecule has 0 radical (unpaired) electrons. The molecule has 0 aliphatic heterocycles. The molecule has 0 bridgehead atoms. The predicted octanol–water partition coefficient (Wildman–Crippen LogP) is 4.31. The minimum atomic E-state index is 0.346. The van der Waals surface area contributed by atoms with Crippen molar-refractivity contribution in [3.63, 3.8) is 0 Å². The number of rotatable bonds is 2. The average molecular weight is 436 g/mol. The highest BCUT2D eigenvalue weighted by Crippen LogP contribution is 2.34. The van der Waals surface area contributed by atoms with Crippen LogP contribution in [0.1, 0.15) is 0 Å². The Balaban J connectivity index is 2.80. The lowest BCUT2D eigenvalue weighted by atomic mass is 10.3. The molecule has 16 heavy (non-hydrogen) atoms. The molecule has 2 rings (SSSR count). The molecule has 3 nitrogen and oxygen atoms in total. The molecule has 2 aromatic rings. The van der Waals surface area contributed by atoms with Crippen molar-refractivity contribution in [2.45, 2.75) is 6.73 Å². The highest BCUT2D eigenvalue weighted by atomic mass is 127. The van der Waals surface area contributed by atoms with Crippen LogP contribution in [-0.2, 0) is 11.5 Å². The van der Waals surface area contributed by atoms with Gasteiger partial charge in [0.15, 0.2) is 0 Å². The molecule has 0 fully saturated rings. The molecule has 0 unspecified atom stereocenters. The Morgan fingerprint density at radius 3 is 2.88 bits per heavy atom. The zero-order chi connectivity index (χ0) is 11.9. The smallest absolute Gasteiger partial charge is 0.145 e. The summed E-state index contributed by atoms with van der Waals surface area (Å²) in [6.07, 6.45) is 0. The molecule has 0 aromatic carbocycles. The lowest BCUT2D eigenvalue weighted by Crippen LogP contribution is -2.01. The summed E-state index contributed by atoms with van der Waals surface area (Å²) >= 11 is 17.8. The van der Waals surface area contributed by atoms with Crippen LogP contribution in [0.15, 0.2) is 10.7 Å². The summed E-state index contributed by atoms with van der Waals surface area (Å²) < 4.78 is 8.40. The van der Waals surface area contributed by atoms with Crippen molar-refractivity contribution in [3.05, 3.63) is 24.4 Å². The Morgan fingerprint density at radius 1 is 1.56 bits per heavy atom. The van der Waals surface area contributed by atoms with E-state index >= 15 is 0 Å².